The predicted octanol–water partition coefficient (Wildman–Crippen LogP) is 1.67. The molecule has 0 amide bonds. The highest BCUT2D eigenvalue weighted by atomic mass is 32.1. The summed E-state index contributed by atoms with van der Waals surface area (Å²) in [5.41, 5.74) is 0. The first-order valence-corrected chi connectivity index (χ1v) is 5.68. The van der Waals surface area contributed by atoms with Gasteiger partial charge in [0.25, 0.3) is 0 Å². The predicted molar refractivity (Wildman–Crippen MR) is 58.5 cm³/mol. The van der Waals surface area contributed by atoms with Crippen molar-refractivity contribution in [3.8, 4) is 0 Å². The van der Waals surface area contributed by atoms with E-state index in [0.29, 0.717) is 11.9 Å². The fourth-order valence-corrected chi connectivity index (χ4v) is 2.17. The number of tetrazole rings is 1. The minimum atomic E-state index is 0.0980. The summed E-state index contributed by atoms with van der Waals surface area (Å²) in [6.07, 6.45) is 0. The highest BCUT2D eigenvalue weighted by Crippen LogP contribution is 2.20. The van der Waals surface area contributed by atoms with Crippen molar-refractivity contribution in [3.05, 3.63) is 28.2 Å². The Kier molecular flexibility index (Phi) is 3.08. The molecule has 15 heavy (non-hydrogen) atoms. The zero-order valence-corrected chi connectivity index (χ0v) is 9.45. The summed E-state index contributed by atoms with van der Waals surface area (Å²) >= 11 is 1.74. The van der Waals surface area contributed by atoms with Gasteiger partial charge in [0, 0.05) is 10.9 Å². The molecule has 2 heterocycles. The van der Waals surface area contributed by atoms with Crippen molar-refractivity contribution in [1.29, 1.82) is 0 Å². The van der Waals surface area contributed by atoms with Gasteiger partial charge >= 0.3 is 0 Å². The Hall–Kier alpha value is -1.27. The van der Waals surface area contributed by atoms with E-state index < -0.39 is 0 Å². The second-order valence-electron chi connectivity index (χ2n) is 3.40. The Morgan fingerprint density at radius 3 is 2.87 bits per heavy atom. The number of H-pyrrole nitrogens is 1. The molecule has 2 aromatic rings. The normalized spacial score (nSPS) is 15.1. The molecule has 5 nitrogen and oxygen atoms in total. The number of hydrogen-bond acceptors (Lipinski definition) is 5. The zero-order valence-electron chi connectivity index (χ0n) is 8.64. The second-order valence-corrected chi connectivity index (χ2v) is 4.37. The molecular formula is C9H13N5S. The quantitative estimate of drug-likeness (QED) is 0.827. The lowest BCUT2D eigenvalue weighted by Crippen LogP contribution is -2.22. The first-order chi connectivity index (χ1) is 7.27. The van der Waals surface area contributed by atoms with Crippen LogP contribution in [0.25, 0.3) is 0 Å². The molecule has 2 rings (SSSR count). The minimum Gasteiger partial charge on any atom is -0.300 e. The molecule has 0 aromatic carbocycles. The Balaban J connectivity index is 1.98. The summed E-state index contributed by atoms with van der Waals surface area (Å²) in [5, 5.41) is 19.4. The van der Waals surface area contributed by atoms with Gasteiger partial charge in [-0.05, 0) is 25.3 Å². The van der Waals surface area contributed by atoms with Crippen molar-refractivity contribution in [2.24, 2.45) is 0 Å². The van der Waals surface area contributed by atoms with E-state index in [9.17, 15) is 0 Å². The minimum absolute atomic E-state index is 0.0980. The van der Waals surface area contributed by atoms with Gasteiger partial charge in [0.15, 0.2) is 5.82 Å². The summed E-state index contributed by atoms with van der Waals surface area (Å²) in [7, 11) is 0. The van der Waals surface area contributed by atoms with Crippen LogP contribution in [0.15, 0.2) is 17.5 Å². The molecule has 0 aliphatic heterocycles. The smallest absolute Gasteiger partial charge is 0.191 e. The van der Waals surface area contributed by atoms with E-state index in [-0.39, 0.29) is 6.04 Å². The van der Waals surface area contributed by atoms with E-state index in [1.165, 1.54) is 4.88 Å². The van der Waals surface area contributed by atoms with Crippen molar-refractivity contribution in [2.45, 2.75) is 25.9 Å². The van der Waals surface area contributed by atoms with E-state index in [0.717, 1.165) is 0 Å². The van der Waals surface area contributed by atoms with Gasteiger partial charge in [0.05, 0.1) is 6.04 Å². The lowest BCUT2D eigenvalue weighted by molar-refractivity contribution is 0.481. The molecule has 0 aliphatic carbocycles. The van der Waals surface area contributed by atoms with Crippen molar-refractivity contribution in [3.63, 3.8) is 0 Å². The summed E-state index contributed by atoms with van der Waals surface area (Å²) in [4.78, 5) is 1.31. The third-order valence-electron chi connectivity index (χ3n) is 2.22. The molecule has 0 saturated heterocycles. The standard InChI is InChI=1S/C9H13N5S/c1-6(8-4-3-5-15-8)10-7(2)9-11-13-14-12-9/h3-7,10H,1-2H3,(H,11,12,13,14). The van der Waals surface area contributed by atoms with Gasteiger partial charge in [0.1, 0.15) is 0 Å². The lowest BCUT2D eigenvalue weighted by Gasteiger charge is -2.15. The van der Waals surface area contributed by atoms with Crippen LogP contribution in [0.2, 0.25) is 0 Å². The van der Waals surface area contributed by atoms with Gasteiger partial charge in [-0.2, -0.15) is 5.21 Å². The largest absolute Gasteiger partial charge is 0.300 e. The van der Waals surface area contributed by atoms with E-state index in [1.54, 1.807) is 11.3 Å². The Morgan fingerprint density at radius 2 is 2.27 bits per heavy atom. The second kappa shape index (κ2) is 4.50. The van der Waals surface area contributed by atoms with Crippen molar-refractivity contribution in [2.75, 3.05) is 0 Å². The molecule has 0 radical (unpaired) electrons. The Bertz CT molecular complexity index is 344. The van der Waals surface area contributed by atoms with Crippen LogP contribution in [0.1, 0.15) is 36.6 Å². The van der Waals surface area contributed by atoms with Gasteiger partial charge in [-0.25, -0.2) is 0 Å². The van der Waals surface area contributed by atoms with Gasteiger partial charge in [0.2, 0.25) is 0 Å². The SMILES string of the molecule is CC(NC(C)c1cccs1)c1nn[nH]n1. The third kappa shape index (κ3) is 2.40. The van der Waals surface area contributed by atoms with Crippen LogP contribution in [0.4, 0.5) is 0 Å². The first kappa shape index (κ1) is 10.3. The molecule has 0 spiro atoms. The van der Waals surface area contributed by atoms with E-state index in [1.807, 2.05) is 6.92 Å². The maximum Gasteiger partial charge on any atom is 0.191 e. The monoisotopic (exact) mass is 223 g/mol. The molecule has 0 saturated carbocycles. The van der Waals surface area contributed by atoms with Crippen LogP contribution in [0, 0.1) is 0 Å². The van der Waals surface area contributed by atoms with Crippen molar-refractivity contribution >= 4 is 11.3 Å². The van der Waals surface area contributed by atoms with Gasteiger partial charge in [-0.3, -0.25) is 5.32 Å². The van der Waals surface area contributed by atoms with Crippen LogP contribution < -0.4 is 5.32 Å². The number of aromatic nitrogens is 4. The van der Waals surface area contributed by atoms with E-state index in [2.05, 4.69) is 50.4 Å². The highest BCUT2D eigenvalue weighted by molar-refractivity contribution is 7.10. The first-order valence-electron chi connectivity index (χ1n) is 4.80. The molecule has 6 heteroatoms. The van der Waals surface area contributed by atoms with Crippen LogP contribution in [-0.2, 0) is 0 Å². The Morgan fingerprint density at radius 1 is 1.40 bits per heavy atom. The Labute approximate surface area is 91.9 Å². The fraction of sp³-hybridized carbons (Fsp3) is 0.444. The fourth-order valence-electron chi connectivity index (χ4n) is 1.42. The summed E-state index contributed by atoms with van der Waals surface area (Å²) < 4.78 is 0. The average molecular weight is 223 g/mol. The maximum absolute atomic E-state index is 3.94. The molecule has 0 aliphatic rings. The van der Waals surface area contributed by atoms with Crippen LogP contribution in [-0.4, -0.2) is 20.6 Å². The maximum atomic E-state index is 3.94. The molecule has 2 N–H and O–H groups in total. The molecular weight excluding hydrogens is 210 g/mol. The molecule has 80 valence electrons. The number of aromatic amines is 1. The average Bonchev–Trinajstić information content (AvgIpc) is 2.91. The summed E-state index contributed by atoms with van der Waals surface area (Å²) in [5.74, 6) is 0.693. The van der Waals surface area contributed by atoms with Crippen LogP contribution >= 0.6 is 11.3 Å². The lowest BCUT2D eigenvalue weighted by atomic mass is 10.2. The molecule has 2 unspecified atom stereocenters. The van der Waals surface area contributed by atoms with Crippen molar-refractivity contribution in [1.82, 2.24) is 25.9 Å². The highest BCUT2D eigenvalue weighted by Gasteiger charge is 2.14. The number of thiophene rings is 1. The number of nitrogens with zero attached hydrogens (tertiary/aromatic N) is 3. The van der Waals surface area contributed by atoms with E-state index >= 15 is 0 Å². The number of hydrogen-bond donors (Lipinski definition) is 2. The molecule has 2 aromatic heterocycles. The molecule has 0 fully saturated rings. The van der Waals surface area contributed by atoms with Crippen LogP contribution in [0.5, 0.6) is 0 Å². The molecule has 2 atom stereocenters. The summed E-state index contributed by atoms with van der Waals surface area (Å²) in [6, 6.07) is 4.57. The third-order valence-corrected chi connectivity index (χ3v) is 3.27. The number of nitrogens with one attached hydrogen (secondary N) is 2. The number of rotatable bonds is 4. The van der Waals surface area contributed by atoms with Crippen molar-refractivity contribution < 1.29 is 0 Å². The van der Waals surface area contributed by atoms with Gasteiger partial charge in [-0.15, -0.1) is 21.5 Å². The molecule has 0 bridgehead atoms. The van der Waals surface area contributed by atoms with Crippen LogP contribution in [0.3, 0.4) is 0 Å². The zero-order chi connectivity index (χ0) is 10.7. The van der Waals surface area contributed by atoms with Gasteiger partial charge < -0.3 is 0 Å². The van der Waals surface area contributed by atoms with E-state index in [4.69, 9.17) is 0 Å². The van der Waals surface area contributed by atoms with Gasteiger partial charge in [-0.1, -0.05) is 11.3 Å². The topological polar surface area (TPSA) is 66.5 Å². The summed E-state index contributed by atoms with van der Waals surface area (Å²) in [6.45, 7) is 4.15.